The van der Waals surface area contributed by atoms with Gasteiger partial charge in [0.05, 0.1) is 32.3 Å². The Morgan fingerprint density at radius 1 is 0.906 bits per heavy atom. The summed E-state index contributed by atoms with van der Waals surface area (Å²) in [5, 5.41) is 13.8. The number of nitro benzene ring substituents is 1. The number of anilines is 3. The molecule has 32 heavy (non-hydrogen) atoms. The summed E-state index contributed by atoms with van der Waals surface area (Å²) in [4.78, 5) is 35.8. The van der Waals surface area contributed by atoms with Gasteiger partial charge in [-0.25, -0.2) is 8.42 Å². The average Bonchev–Trinajstić information content (AvgIpc) is 2.72. The Balaban J connectivity index is 0.00000289. The number of nitrogens with zero attached hydrogens (tertiary/aromatic N) is 1. The largest absolute Gasteiger partial charge is 1.00 e. The quantitative estimate of drug-likeness (QED) is 0.135. The molecule has 10 nitrogen and oxygen atoms in total. The van der Waals surface area contributed by atoms with Gasteiger partial charge < -0.3 is 15.6 Å². The van der Waals surface area contributed by atoms with Crippen molar-refractivity contribution in [2.24, 2.45) is 0 Å². The van der Waals surface area contributed by atoms with Crippen molar-refractivity contribution < 1.29 is 57.0 Å². The van der Waals surface area contributed by atoms with Crippen molar-refractivity contribution in [3.05, 3.63) is 87.0 Å². The van der Waals surface area contributed by atoms with Gasteiger partial charge in [-0.1, -0.05) is 30.3 Å². The Morgan fingerprint density at radius 3 is 2.06 bits per heavy atom. The predicted octanol–water partition coefficient (Wildman–Crippen LogP) is -0.396. The van der Waals surface area contributed by atoms with Crippen LogP contribution in [0.25, 0.3) is 0 Å². The Labute approximate surface area is 203 Å². The van der Waals surface area contributed by atoms with E-state index in [9.17, 15) is 32.7 Å². The van der Waals surface area contributed by atoms with Gasteiger partial charge in [-0.2, -0.15) is 0 Å². The monoisotopic (exact) mass is 461 g/mol. The minimum absolute atomic E-state index is 0. The number of carbonyl (C=O) groups is 2. The summed E-state index contributed by atoms with van der Waals surface area (Å²) in [5.41, 5.74) is 4.39. The van der Waals surface area contributed by atoms with E-state index < -0.39 is 42.8 Å². The number of nitro groups is 1. The van der Waals surface area contributed by atoms with E-state index in [2.05, 4.69) is 5.32 Å². The first-order chi connectivity index (χ1) is 14.6. The van der Waals surface area contributed by atoms with E-state index in [1.165, 1.54) is 36.4 Å². The average molecular weight is 461 g/mol. The summed E-state index contributed by atoms with van der Waals surface area (Å²) in [5.74, 6) is -1.32. The van der Waals surface area contributed by atoms with Gasteiger partial charge >= 0.3 is 29.6 Å². The van der Waals surface area contributed by atoms with Gasteiger partial charge in [-0.05, 0) is 12.1 Å². The molecule has 0 amide bonds. The smallest absolute Gasteiger partial charge is 0.744 e. The molecule has 0 aliphatic heterocycles. The van der Waals surface area contributed by atoms with Crippen LogP contribution < -0.4 is 40.6 Å². The molecule has 3 aromatic carbocycles. The fraction of sp³-hybridized carbons (Fsp3) is 0. The van der Waals surface area contributed by atoms with E-state index in [4.69, 9.17) is 5.73 Å². The molecule has 3 aromatic rings. The molecule has 0 unspecified atom stereocenters. The third-order valence-corrected chi connectivity index (χ3v) is 5.68. The molecule has 4 rings (SSSR count). The van der Waals surface area contributed by atoms with Gasteiger partial charge in [-0.15, -0.1) is 0 Å². The van der Waals surface area contributed by atoms with E-state index in [0.29, 0.717) is 0 Å². The van der Waals surface area contributed by atoms with Gasteiger partial charge in [0.15, 0.2) is 11.6 Å². The van der Waals surface area contributed by atoms with Gasteiger partial charge in [0, 0.05) is 28.9 Å². The van der Waals surface area contributed by atoms with Crippen molar-refractivity contribution in [3.63, 3.8) is 0 Å². The van der Waals surface area contributed by atoms with Crippen LogP contribution in [0.15, 0.2) is 59.5 Å². The maximum atomic E-state index is 13.2. The summed E-state index contributed by atoms with van der Waals surface area (Å²) < 4.78 is 35.3. The molecule has 0 saturated carbocycles. The van der Waals surface area contributed by atoms with Crippen molar-refractivity contribution >= 4 is 44.4 Å². The molecule has 1 aliphatic carbocycles. The number of non-ortho nitro benzene ring substituents is 1. The number of hydrogen-bond acceptors (Lipinski definition) is 9. The fourth-order valence-electron chi connectivity index (χ4n) is 3.45. The second-order valence-electron chi connectivity index (χ2n) is 6.68. The number of nitrogen functional groups attached to an aromatic ring is 1. The zero-order valence-corrected chi connectivity index (χ0v) is 19.3. The molecule has 156 valence electrons. The van der Waals surface area contributed by atoms with Gasteiger partial charge in [0.2, 0.25) is 0 Å². The molecule has 0 spiro atoms. The molecule has 0 radical (unpaired) electrons. The maximum absolute atomic E-state index is 13.2. The van der Waals surface area contributed by atoms with Gasteiger partial charge in [0.25, 0.3) is 5.69 Å². The number of ketones is 2. The molecule has 0 bridgehead atoms. The topological polar surface area (TPSA) is 173 Å². The van der Waals surface area contributed by atoms with Gasteiger partial charge in [0.1, 0.15) is 10.1 Å². The number of benzene rings is 3. The van der Waals surface area contributed by atoms with E-state index in [0.717, 1.165) is 12.1 Å². The second-order valence-corrected chi connectivity index (χ2v) is 8.02. The standard InChI is InChI=1S/C20H13N3O7S.Na/c21-18-15(31(28,29)30)9-14(22-10-4-3-5-11(8-10)23(26)27)16-17(18)20(25)13-7-2-1-6-12(13)19(16)24;/h1-9,22H,21H2,(H,28,29,30);/q;+1/p-1. The van der Waals surface area contributed by atoms with E-state index in [1.807, 2.05) is 0 Å². The first-order valence-electron chi connectivity index (χ1n) is 8.72. The third-order valence-electron chi connectivity index (χ3n) is 4.81. The number of carbonyl (C=O) groups excluding carboxylic acids is 2. The first kappa shape index (κ1) is 23.6. The van der Waals surface area contributed by atoms with Crippen LogP contribution in [0.1, 0.15) is 31.8 Å². The number of nitrogens with one attached hydrogen (secondary N) is 1. The Hall–Kier alpha value is -3.09. The number of rotatable bonds is 4. The fourth-order valence-corrected chi connectivity index (χ4v) is 4.09. The van der Waals surface area contributed by atoms with E-state index >= 15 is 0 Å². The van der Waals surface area contributed by atoms with E-state index in [-0.39, 0.29) is 63.3 Å². The van der Waals surface area contributed by atoms with Crippen LogP contribution in [0.4, 0.5) is 22.7 Å². The Bertz CT molecular complexity index is 1420. The predicted molar refractivity (Wildman–Crippen MR) is 109 cm³/mol. The van der Waals surface area contributed by atoms with Crippen molar-refractivity contribution in [1.29, 1.82) is 0 Å². The minimum atomic E-state index is -5.11. The summed E-state index contributed by atoms with van der Waals surface area (Å²) >= 11 is 0. The molecular weight excluding hydrogens is 449 g/mol. The number of hydrogen-bond donors (Lipinski definition) is 2. The summed E-state index contributed by atoms with van der Waals surface area (Å²) in [7, 11) is -5.11. The van der Waals surface area contributed by atoms with Crippen molar-refractivity contribution in [1.82, 2.24) is 0 Å². The Kier molecular flexibility index (Phi) is 6.22. The normalized spacial score (nSPS) is 12.4. The maximum Gasteiger partial charge on any atom is 1.00 e. The molecule has 0 aromatic heterocycles. The first-order valence-corrected chi connectivity index (χ1v) is 10.1. The minimum Gasteiger partial charge on any atom is -0.744 e. The van der Waals surface area contributed by atoms with Crippen LogP contribution in [-0.4, -0.2) is 29.5 Å². The molecule has 0 atom stereocenters. The molecule has 3 N–H and O–H groups in total. The molecule has 1 aliphatic rings. The third kappa shape index (κ3) is 3.92. The van der Waals surface area contributed by atoms with Crippen LogP contribution in [-0.2, 0) is 10.1 Å². The molecule has 12 heteroatoms. The summed E-state index contributed by atoms with van der Waals surface area (Å²) in [6.07, 6.45) is 0. The molecule has 0 saturated heterocycles. The van der Waals surface area contributed by atoms with Crippen LogP contribution in [0.5, 0.6) is 0 Å². The van der Waals surface area contributed by atoms with Crippen LogP contribution >= 0.6 is 0 Å². The summed E-state index contributed by atoms with van der Waals surface area (Å²) in [6, 6.07) is 12.0. The number of nitrogens with two attached hydrogens (primary N) is 1. The van der Waals surface area contributed by atoms with E-state index in [1.54, 1.807) is 6.07 Å². The van der Waals surface area contributed by atoms with Crippen LogP contribution in [0.2, 0.25) is 0 Å². The van der Waals surface area contributed by atoms with Crippen molar-refractivity contribution in [3.8, 4) is 0 Å². The zero-order valence-electron chi connectivity index (χ0n) is 16.5. The second kappa shape index (κ2) is 8.45. The molecule has 0 fully saturated rings. The van der Waals surface area contributed by atoms with Crippen LogP contribution in [0, 0.1) is 10.1 Å². The summed E-state index contributed by atoms with van der Waals surface area (Å²) in [6.45, 7) is 0. The SMILES string of the molecule is Nc1c(S(=O)(=O)[O-])cc(Nc2cccc([N+](=O)[O-])c2)c2c1C(=O)c1ccccc1C2=O.[Na+]. The molecular formula is C20H12N3NaO7S. The van der Waals surface area contributed by atoms with Crippen molar-refractivity contribution in [2.75, 3.05) is 11.1 Å². The van der Waals surface area contributed by atoms with Crippen LogP contribution in [0.3, 0.4) is 0 Å². The number of fused-ring (bicyclic) bond motifs is 2. The van der Waals surface area contributed by atoms with Crippen molar-refractivity contribution in [2.45, 2.75) is 4.90 Å². The van der Waals surface area contributed by atoms with Gasteiger partial charge in [-0.3, -0.25) is 19.7 Å². The Morgan fingerprint density at radius 2 is 1.50 bits per heavy atom. The molecule has 0 heterocycles. The zero-order chi connectivity index (χ0) is 22.5.